The zero-order valence-corrected chi connectivity index (χ0v) is 16.2. The quantitative estimate of drug-likeness (QED) is 0.845. The number of fused-ring (bicyclic) bond motifs is 2. The average molecular weight is 382 g/mol. The molecule has 0 aliphatic carbocycles. The lowest BCUT2D eigenvalue weighted by Gasteiger charge is -2.49. The number of carbonyl (C=O) groups excluding carboxylic acids is 1. The van der Waals surface area contributed by atoms with E-state index in [1.165, 1.54) is 24.1 Å². The first-order chi connectivity index (χ1) is 13.6. The third-order valence-corrected chi connectivity index (χ3v) is 6.09. The number of benzene rings is 2. The molecule has 4 rings (SSSR count). The molecule has 2 unspecified atom stereocenters. The maximum Gasteiger partial charge on any atom is 0.251 e. The zero-order chi connectivity index (χ0) is 19.5. The Balaban J connectivity index is 1.44. The van der Waals surface area contributed by atoms with E-state index in [-0.39, 0.29) is 17.8 Å². The lowest BCUT2D eigenvalue weighted by Crippen LogP contribution is -2.56. The number of nitrogens with one attached hydrogen (secondary N) is 1. The van der Waals surface area contributed by atoms with E-state index in [0.717, 1.165) is 38.0 Å². The van der Waals surface area contributed by atoms with Gasteiger partial charge in [0.1, 0.15) is 11.6 Å². The van der Waals surface area contributed by atoms with Crippen LogP contribution in [0.15, 0.2) is 48.5 Å². The number of rotatable bonds is 5. The Morgan fingerprint density at radius 3 is 2.61 bits per heavy atom. The molecule has 2 aliphatic heterocycles. The van der Waals surface area contributed by atoms with Crippen molar-refractivity contribution in [1.29, 1.82) is 0 Å². The Bertz CT molecular complexity index is 827. The van der Waals surface area contributed by atoms with Crippen molar-refractivity contribution in [3.8, 4) is 5.75 Å². The number of ether oxygens (including phenoxy) is 1. The van der Waals surface area contributed by atoms with E-state index in [1.807, 2.05) is 12.1 Å². The molecule has 2 aromatic rings. The number of halogens is 1. The third-order valence-electron chi connectivity index (χ3n) is 6.09. The highest BCUT2D eigenvalue weighted by atomic mass is 19.1. The first kappa shape index (κ1) is 18.9. The molecule has 2 fully saturated rings. The van der Waals surface area contributed by atoms with Gasteiger partial charge in [0.2, 0.25) is 0 Å². The summed E-state index contributed by atoms with van der Waals surface area (Å²) in [5.41, 5.74) is 1.60. The molecule has 148 valence electrons. The van der Waals surface area contributed by atoms with Crippen LogP contribution in [-0.2, 0) is 6.54 Å². The molecular weight excluding hydrogens is 355 g/mol. The number of hydrogen-bond donors (Lipinski definition) is 1. The molecule has 5 heteroatoms. The largest absolute Gasteiger partial charge is 0.496 e. The highest BCUT2D eigenvalue weighted by molar-refractivity contribution is 5.94. The fourth-order valence-corrected chi connectivity index (χ4v) is 4.78. The van der Waals surface area contributed by atoms with Crippen molar-refractivity contribution in [2.75, 3.05) is 7.11 Å². The van der Waals surface area contributed by atoms with Gasteiger partial charge in [-0.3, -0.25) is 9.69 Å². The molecule has 2 bridgehead atoms. The summed E-state index contributed by atoms with van der Waals surface area (Å²) in [4.78, 5) is 15.1. The molecule has 0 spiro atoms. The third kappa shape index (κ3) is 4.04. The van der Waals surface area contributed by atoms with Crippen molar-refractivity contribution >= 4 is 5.91 Å². The van der Waals surface area contributed by atoms with Crippen molar-refractivity contribution in [2.24, 2.45) is 0 Å². The maximum absolute atomic E-state index is 13.4. The molecule has 1 N–H and O–H groups in total. The second kappa shape index (κ2) is 8.31. The first-order valence-corrected chi connectivity index (χ1v) is 10.1. The van der Waals surface area contributed by atoms with Crippen LogP contribution in [0.1, 0.15) is 48.0 Å². The van der Waals surface area contributed by atoms with Crippen LogP contribution in [0.3, 0.4) is 0 Å². The van der Waals surface area contributed by atoms with Gasteiger partial charge in [-0.25, -0.2) is 4.39 Å². The summed E-state index contributed by atoms with van der Waals surface area (Å²) in [6.07, 6.45) is 5.41. The van der Waals surface area contributed by atoms with Crippen molar-refractivity contribution in [2.45, 2.75) is 56.8 Å². The van der Waals surface area contributed by atoms with E-state index in [1.54, 1.807) is 19.2 Å². The number of hydrogen-bond acceptors (Lipinski definition) is 3. The summed E-state index contributed by atoms with van der Waals surface area (Å²) in [5.74, 6) is 0.374. The van der Waals surface area contributed by atoms with Gasteiger partial charge >= 0.3 is 0 Å². The molecule has 0 aromatic heterocycles. The molecule has 0 saturated carbocycles. The monoisotopic (exact) mass is 382 g/mol. The minimum Gasteiger partial charge on any atom is -0.496 e. The van der Waals surface area contributed by atoms with Crippen molar-refractivity contribution in [1.82, 2.24) is 10.2 Å². The number of amides is 1. The van der Waals surface area contributed by atoms with Crippen molar-refractivity contribution in [3.05, 3.63) is 65.5 Å². The number of methoxy groups -OCH3 is 1. The minimum absolute atomic E-state index is 0.139. The Kier molecular flexibility index (Phi) is 5.62. The molecule has 2 atom stereocenters. The number of carbonyl (C=O) groups is 1. The average Bonchev–Trinajstić information content (AvgIpc) is 2.69. The normalized spacial score (nSPS) is 24.6. The first-order valence-electron chi connectivity index (χ1n) is 10.1. The summed E-state index contributed by atoms with van der Waals surface area (Å²) < 4.78 is 18.9. The summed E-state index contributed by atoms with van der Waals surface area (Å²) >= 11 is 0. The van der Waals surface area contributed by atoms with Crippen LogP contribution in [0.4, 0.5) is 4.39 Å². The van der Waals surface area contributed by atoms with Crippen molar-refractivity contribution < 1.29 is 13.9 Å². The van der Waals surface area contributed by atoms with Gasteiger partial charge in [0.05, 0.1) is 7.11 Å². The second-order valence-corrected chi connectivity index (χ2v) is 7.87. The predicted molar refractivity (Wildman–Crippen MR) is 107 cm³/mol. The minimum atomic E-state index is -0.379. The van der Waals surface area contributed by atoms with Crippen molar-refractivity contribution in [3.63, 3.8) is 0 Å². The van der Waals surface area contributed by atoms with E-state index in [9.17, 15) is 9.18 Å². The van der Waals surface area contributed by atoms with Crippen LogP contribution < -0.4 is 10.1 Å². The van der Waals surface area contributed by atoms with E-state index >= 15 is 0 Å². The van der Waals surface area contributed by atoms with Gasteiger partial charge < -0.3 is 10.1 Å². The zero-order valence-electron chi connectivity index (χ0n) is 16.2. The second-order valence-electron chi connectivity index (χ2n) is 7.87. The summed E-state index contributed by atoms with van der Waals surface area (Å²) in [5, 5.41) is 3.14. The number of para-hydroxylation sites is 1. The lowest BCUT2D eigenvalue weighted by atomic mass is 9.81. The van der Waals surface area contributed by atoms with Crippen LogP contribution in [0.2, 0.25) is 0 Å². The fraction of sp³-hybridized carbons (Fsp3) is 0.435. The molecule has 4 nitrogen and oxygen atoms in total. The highest BCUT2D eigenvalue weighted by Gasteiger charge is 2.38. The molecule has 1 amide bonds. The Hall–Kier alpha value is -2.40. The Morgan fingerprint density at radius 1 is 1.14 bits per heavy atom. The molecule has 2 saturated heterocycles. The van der Waals surface area contributed by atoms with Crippen LogP contribution in [-0.4, -0.2) is 36.0 Å². The summed E-state index contributed by atoms with van der Waals surface area (Å²) in [6.45, 7) is 0.879. The summed E-state index contributed by atoms with van der Waals surface area (Å²) in [7, 11) is 1.72. The van der Waals surface area contributed by atoms with E-state index in [2.05, 4.69) is 22.3 Å². The van der Waals surface area contributed by atoms with E-state index in [0.29, 0.717) is 17.6 Å². The van der Waals surface area contributed by atoms with Crippen LogP contribution in [0.25, 0.3) is 0 Å². The van der Waals surface area contributed by atoms with Gasteiger partial charge in [0.15, 0.2) is 0 Å². The standard InChI is InChI=1S/C23H27FN2O2/c1-28-22-11-3-2-6-17(22)15-26-20-9-5-10-21(26)14-19(13-20)25-23(27)16-7-4-8-18(24)12-16/h2-4,6-8,11-12,19-21H,5,9-10,13-15H2,1H3,(H,25,27). The van der Waals surface area contributed by atoms with Crippen LogP contribution in [0, 0.1) is 5.82 Å². The van der Waals surface area contributed by atoms with E-state index in [4.69, 9.17) is 4.74 Å². The maximum atomic E-state index is 13.4. The Labute approximate surface area is 165 Å². The van der Waals surface area contributed by atoms with Crippen LogP contribution >= 0.6 is 0 Å². The molecule has 2 aromatic carbocycles. The Morgan fingerprint density at radius 2 is 1.89 bits per heavy atom. The number of nitrogens with zero attached hydrogens (tertiary/aromatic N) is 1. The smallest absolute Gasteiger partial charge is 0.251 e. The van der Waals surface area contributed by atoms with Gasteiger partial charge in [-0.15, -0.1) is 0 Å². The van der Waals surface area contributed by atoms with E-state index < -0.39 is 0 Å². The van der Waals surface area contributed by atoms with Gasteiger partial charge in [0, 0.05) is 35.8 Å². The summed E-state index contributed by atoms with van der Waals surface area (Å²) in [6, 6.07) is 15.1. The van der Waals surface area contributed by atoms with Crippen LogP contribution in [0.5, 0.6) is 5.75 Å². The van der Waals surface area contributed by atoms with Gasteiger partial charge in [0.25, 0.3) is 5.91 Å². The van der Waals surface area contributed by atoms with Gasteiger partial charge in [-0.1, -0.05) is 30.7 Å². The van der Waals surface area contributed by atoms with Gasteiger partial charge in [-0.2, -0.15) is 0 Å². The predicted octanol–water partition coefficient (Wildman–Crippen LogP) is 4.15. The topological polar surface area (TPSA) is 41.6 Å². The lowest BCUT2D eigenvalue weighted by molar-refractivity contribution is 0.0172. The molecular formula is C23H27FN2O2. The number of piperidine rings is 2. The SMILES string of the molecule is COc1ccccc1CN1C2CCCC1CC(NC(=O)c1cccc(F)c1)C2. The van der Waals surface area contributed by atoms with Gasteiger partial charge in [-0.05, 0) is 49.9 Å². The molecule has 2 aliphatic rings. The molecule has 28 heavy (non-hydrogen) atoms. The molecule has 2 heterocycles. The fourth-order valence-electron chi connectivity index (χ4n) is 4.78. The molecule has 0 radical (unpaired) electrons. The highest BCUT2D eigenvalue weighted by Crippen LogP contribution is 2.36.